The van der Waals surface area contributed by atoms with Gasteiger partial charge in [-0.25, -0.2) is 0 Å². The predicted molar refractivity (Wildman–Crippen MR) is 134 cm³/mol. The van der Waals surface area contributed by atoms with Gasteiger partial charge < -0.3 is 19.3 Å². The number of ether oxygens (including phenoxy) is 3. The highest BCUT2D eigenvalue weighted by Crippen LogP contribution is 2.55. The summed E-state index contributed by atoms with van der Waals surface area (Å²) in [5.74, 6) is -3.85. The molecule has 5 heteroatoms. The van der Waals surface area contributed by atoms with Crippen LogP contribution in [0.4, 0.5) is 0 Å². The standard InChI is InChI=1S/C30H32O5/c1-18-12-14-19(15-13-18)30-29(32,26(31)21-10-8-9-11-23(21)33-30)35-25-22(28(5,6)7)16-20(27(2,3)4)17-24(25)34-30/h8-17,32H,1-7H3/t29-,30-/m1/s1. The van der Waals surface area contributed by atoms with Gasteiger partial charge in [-0.05, 0) is 41.5 Å². The molecule has 0 fully saturated rings. The Hall–Kier alpha value is -3.31. The normalized spacial score (nSPS) is 23.3. The lowest BCUT2D eigenvalue weighted by atomic mass is 9.79. The molecule has 0 aromatic heterocycles. The van der Waals surface area contributed by atoms with Crippen LogP contribution in [0.3, 0.4) is 0 Å². The van der Waals surface area contributed by atoms with Crippen molar-refractivity contribution in [1.82, 2.24) is 0 Å². The highest BCUT2D eigenvalue weighted by molar-refractivity contribution is 6.06. The average molecular weight is 473 g/mol. The molecule has 0 spiro atoms. The molecule has 0 unspecified atom stereocenters. The summed E-state index contributed by atoms with van der Waals surface area (Å²) in [6.45, 7) is 14.6. The molecule has 2 atom stereocenters. The van der Waals surface area contributed by atoms with Gasteiger partial charge in [-0.3, -0.25) is 4.79 Å². The molecular formula is C30H32O5. The molecule has 0 amide bonds. The first-order valence-electron chi connectivity index (χ1n) is 12.0. The quantitative estimate of drug-likeness (QED) is 0.458. The van der Waals surface area contributed by atoms with Crippen molar-refractivity contribution in [3.63, 3.8) is 0 Å². The van der Waals surface area contributed by atoms with Gasteiger partial charge in [-0.1, -0.05) is 89.6 Å². The first-order valence-corrected chi connectivity index (χ1v) is 12.0. The lowest BCUT2D eigenvalue weighted by molar-refractivity contribution is -0.316. The molecule has 0 bridgehead atoms. The molecule has 2 aliphatic rings. The zero-order chi connectivity index (χ0) is 25.4. The zero-order valence-electron chi connectivity index (χ0n) is 21.4. The summed E-state index contributed by atoms with van der Waals surface area (Å²) in [5.41, 5.74) is 3.14. The topological polar surface area (TPSA) is 65.0 Å². The number of hydrogen-bond donors (Lipinski definition) is 1. The van der Waals surface area contributed by atoms with Crippen molar-refractivity contribution < 1.29 is 24.1 Å². The number of hydrogen-bond acceptors (Lipinski definition) is 5. The first kappa shape index (κ1) is 23.4. The van der Waals surface area contributed by atoms with E-state index in [2.05, 4.69) is 47.6 Å². The van der Waals surface area contributed by atoms with E-state index in [4.69, 9.17) is 14.2 Å². The van der Waals surface area contributed by atoms with Crippen molar-refractivity contribution in [1.29, 1.82) is 0 Å². The molecule has 0 saturated heterocycles. The highest BCUT2D eigenvalue weighted by atomic mass is 16.8. The molecule has 2 aliphatic heterocycles. The number of ketones is 1. The first-order chi connectivity index (χ1) is 16.3. The SMILES string of the molecule is Cc1ccc([C@]23Oc4ccccc4C(=O)[C@@]2(O)Oc2c(cc(C(C)(C)C)cc2C(C)(C)C)O3)cc1. The van der Waals surface area contributed by atoms with Gasteiger partial charge in [0.1, 0.15) is 5.75 Å². The molecule has 35 heavy (non-hydrogen) atoms. The van der Waals surface area contributed by atoms with Crippen LogP contribution in [0.2, 0.25) is 0 Å². The van der Waals surface area contributed by atoms with Crippen molar-refractivity contribution in [3.8, 4) is 17.2 Å². The summed E-state index contributed by atoms with van der Waals surface area (Å²) in [7, 11) is 0. The van der Waals surface area contributed by atoms with Gasteiger partial charge in [0.15, 0.2) is 11.5 Å². The number of para-hydroxylation sites is 1. The minimum atomic E-state index is -2.44. The lowest BCUT2D eigenvalue weighted by Crippen LogP contribution is -2.70. The van der Waals surface area contributed by atoms with Crippen LogP contribution in [-0.2, 0) is 16.6 Å². The average Bonchev–Trinajstić information content (AvgIpc) is 2.77. The van der Waals surface area contributed by atoms with E-state index in [0.717, 1.165) is 16.7 Å². The molecule has 0 radical (unpaired) electrons. The van der Waals surface area contributed by atoms with Crippen molar-refractivity contribution in [2.75, 3.05) is 0 Å². The molecule has 3 aromatic rings. The third-order valence-electron chi connectivity index (χ3n) is 6.80. The van der Waals surface area contributed by atoms with Gasteiger partial charge in [0, 0.05) is 11.1 Å². The minimum absolute atomic E-state index is 0.168. The third-order valence-corrected chi connectivity index (χ3v) is 6.80. The number of aliphatic hydroxyl groups is 1. The van der Waals surface area contributed by atoms with Gasteiger partial charge in [0.05, 0.1) is 5.56 Å². The third kappa shape index (κ3) is 3.44. The fraction of sp³-hybridized carbons (Fsp3) is 0.367. The number of carbonyl (C=O) groups is 1. The van der Waals surface area contributed by atoms with E-state index in [1.54, 1.807) is 36.4 Å². The van der Waals surface area contributed by atoms with Crippen LogP contribution in [-0.4, -0.2) is 16.7 Å². The van der Waals surface area contributed by atoms with Crippen molar-refractivity contribution in [2.24, 2.45) is 0 Å². The Morgan fingerprint density at radius 3 is 2.03 bits per heavy atom. The van der Waals surface area contributed by atoms with Crippen molar-refractivity contribution in [2.45, 2.75) is 70.9 Å². The van der Waals surface area contributed by atoms with Gasteiger partial charge in [0.25, 0.3) is 0 Å². The van der Waals surface area contributed by atoms with E-state index in [0.29, 0.717) is 22.8 Å². The van der Waals surface area contributed by atoms with Crippen LogP contribution in [0, 0.1) is 6.92 Å². The van der Waals surface area contributed by atoms with Crippen LogP contribution in [0.15, 0.2) is 60.7 Å². The molecule has 5 rings (SSSR count). The maximum absolute atomic E-state index is 13.9. The summed E-state index contributed by atoms with van der Waals surface area (Å²) >= 11 is 0. The van der Waals surface area contributed by atoms with Crippen LogP contribution in [0.5, 0.6) is 17.2 Å². The van der Waals surface area contributed by atoms with Gasteiger partial charge >= 0.3 is 11.6 Å². The largest absolute Gasteiger partial charge is 0.444 e. The molecular weight excluding hydrogens is 440 g/mol. The minimum Gasteiger partial charge on any atom is -0.444 e. The Labute approximate surface area is 206 Å². The van der Waals surface area contributed by atoms with Gasteiger partial charge in [-0.15, -0.1) is 0 Å². The second-order valence-corrected chi connectivity index (χ2v) is 11.6. The highest BCUT2D eigenvalue weighted by Gasteiger charge is 2.70. The predicted octanol–water partition coefficient (Wildman–Crippen LogP) is 6.18. The summed E-state index contributed by atoms with van der Waals surface area (Å²) < 4.78 is 19.4. The van der Waals surface area contributed by atoms with E-state index in [1.807, 2.05) is 25.1 Å². The molecule has 0 saturated carbocycles. The second-order valence-electron chi connectivity index (χ2n) is 11.6. The van der Waals surface area contributed by atoms with E-state index in [-0.39, 0.29) is 16.4 Å². The summed E-state index contributed by atoms with van der Waals surface area (Å²) in [5, 5.41) is 12.1. The number of aryl methyl sites for hydroxylation is 1. The maximum atomic E-state index is 13.9. The summed E-state index contributed by atoms with van der Waals surface area (Å²) in [6.07, 6.45) is 0. The number of fused-ring (bicyclic) bond motifs is 3. The summed E-state index contributed by atoms with van der Waals surface area (Å²) in [4.78, 5) is 13.9. The van der Waals surface area contributed by atoms with Crippen LogP contribution in [0.1, 0.15) is 74.2 Å². The van der Waals surface area contributed by atoms with Crippen molar-refractivity contribution >= 4 is 5.78 Å². The smallest absolute Gasteiger partial charge is 0.357 e. The number of benzene rings is 3. The summed E-state index contributed by atoms with van der Waals surface area (Å²) in [6, 6.07) is 18.2. The van der Waals surface area contributed by atoms with E-state index >= 15 is 0 Å². The Morgan fingerprint density at radius 1 is 0.771 bits per heavy atom. The number of rotatable bonds is 1. The Balaban J connectivity index is 1.82. The van der Waals surface area contributed by atoms with Crippen LogP contribution >= 0.6 is 0 Å². The lowest BCUT2D eigenvalue weighted by Gasteiger charge is -2.51. The Bertz CT molecular complexity index is 1330. The molecule has 1 N–H and O–H groups in total. The van der Waals surface area contributed by atoms with E-state index < -0.39 is 17.4 Å². The van der Waals surface area contributed by atoms with E-state index in [1.165, 1.54) is 0 Å². The molecule has 5 nitrogen and oxygen atoms in total. The fourth-order valence-electron chi connectivity index (χ4n) is 4.67. The fourth-order valence-corrected chi connectivity index (χ4v) is 4.67. The molecule has 182 valence electrons. The van der Waals surface area contributed by atoms with Gasteiger partial charge in [-0.2, -0.15) is 0 Å². The Kier molecular flexibility index (Phi) is 4.92. The van der Waals surface area contributed by atoms with Crippen LogP contribution in [0.25, 0.3) is 0 Å². The van der Waals surface area contributed by atoms with E-state index in [9.17, 15) is 9.90 Å². The number of carbonyl (C=O) groups excluding carboxylic acids is 1. The number of Topliss-reactive ketones (excluding diaryl/α,β-unsaturated/α-hetero) is 1. The Morgan fingerprint density at radius 2 is 1.40 bits per heavy atom. The second kappa shape index (κ2) is 7.34. The zero-order valence-corrected chi connectivity index (χ0v) is 21.4. The molecule has 0 aliphatic carbocycles. The molecule has 2 heterocycles. The monoisotopic (exact) mass is 472 g/mol. The van der Waals surface area contributed by atoms with Gasteiger partial charge in [0.2, 0.25) is 5.78 Å². The molecule has 3 aromatic carbocycles. The maximum Gasteiger partial charge on any atom is 0.357 e. The van der Waals surface area contributed by atoms with Crippen molar-refractivity contribution in [3.05, 3.63) is 88.5 Å². The van der Waals surface area contributed by atoms with Crippen LogP contribution < -0.4 is 14.2 Å².